The molecule has 354 valence electrons. The number of hydrogen-bond acceptors (Lipinski definition) is 14. The van der Waals surface area contributed by atoms with Crippen LogP contribution in [-0.4, -0.2) is 104 Å². The minimum atomic E-state index is -1.01. The summed E-state index contributed by atoms with van der Waals surface area (Å²) in [7, 11) is 0. The maximum absolute atomic E-state index is 14.1. The molecule has 0 spiro atoms. The van der Waals surface area contributed by atoms with Gasteiger partial charge in [-0.3, -0.25) is 24.0 Å². The van der Waals surface area contributed by atoms with Crippen molar-refractivity contribution in [2.24, 2.45) is 11.1 Å². The van der Waals surface area contributed by atoms with Gasteiger partial charge in [0.25, 0.3) is 0 Å². The number of carbonyl (C=O) groups is 5. The molecule has 17 nitrogen and oxygen atoms in total. The Balaban J connectivity index is 0.947. The molecule has 0 saturated carbocycles. The number of nitrogen functional groups attached to an aromatic ring is 1. The van der Waals surface area contributed by atoms with Crippen LogP contribution in [0, 0.1) is 12.3 Å². The lowest BCUT2D eigenvalue weighted by Gasteiger charge is -2.37. The maximum Gasteiger partial charge on any atom is 0.246 e. The first kappa shape index (κ1) is 50.1. The number of aryl methyl sites for hydroxylation is 1. The van der Waals surface area contributed by atoms with Crippen LogP contribution in [0.3, 0.4) is 0 Å². The third-order valence-electron chi connectivity index (χ3n) is 11.7. The number of aliphatic hydroxyl groups excluding tert-OH is 1. The molecule has 66 heavy (non-hydrogen) atoms. The molecule has 20 heteroatoms. The molecule has 0 bridgehead atoms. The van der Waals surface area contributed by atoms with Crippen LogP contribution in [0.2, 0.25) is 5.02 Å². The van der Waals surface area contributed by atoms with E-state index in [4.69, 9.17) is 23.1 Å². The molecule has 0 radical (unpaired) electrons. The van der Waals surface area contributed by atoms with Crippen molar-refractivity contribution in [3.63, 3.8) is 0 Å². The normalized spacial score (nSPS) is 18.0. The SMILES string of the molecule is Cc1ncsc1-c1ccc([C@H](C)NC(=O)[C@@H]2C[C@@H](O)CN2C(=O)[C@@H](NC(=O)CCCNC(=O)CC(=O)Nc2cccc(Sc3ncc(N4CCC(C)(N)CC4)nc3N)c2Cl)C(C)(C)C)cc1. The second-order valence-electron chi connectivity index (χ2n) is 18.3. The molecule has 2 aromatic heterocycles. The van der Waals surface area contributed by atoms with Crippen molar-refractivity contribution in [3.05, 3.63) is 70.5 Å². The zero-order valence-electron chi connectivity index (χ0n) is 38.2. The number of piperidine rings is 1. The average molecular weight is 963 g/mol. The number of amides is 5. The fourth-order valence-electron chi connectivity index (χ4n) is 7.78. The second-order valence-corrected chi connectivity index (χ2v) is 20.6. The largest absolute Gasteiger partial charge is 0.391 e. The van der Waals surface area contributed by atoms with Gasteiger partial charge >= 0.3 is 0 Å². The predicted molar refractivity (Wildman–Crippen MR) is 258 cm³/mol. The lowest BCUT2D eigenvalue weighted by Crippen LogP contribution is -2.57. The van der Waals surface area contributed by atoms with Crippen LogP contribution in [0.25, 0.3) is 10.4 Å². The smallest absolute Gasteiger partial charge is 0.246 e. The van der Waals surface area contributed by atoms with Crippen LogP contribution < -0.4 is 37.6 Å². The molecule has 2 aliphatic rings. The molecular weight excluding hydrogens is 902 g/mol. The fraction of sp³-hybridized carbons (Fsp3) is 0.478. The van der Waals surface area contributed by atoms with Crippen molar-refractivity contribution in [3.8, 4) is 10.4 Å². The van der Waals surface area contributed by atoms with Gasteiger partial charge in [0.2, 0.25) is 29.5 Å². The van der Waals surface area contributed by atoms with Gasteiger partial charge in [-0.15, -0.1) is 11.3 Å². The van der Waals surface area contributed by atoms with Crippen molar-refractivity contribution in [1.29, 1.82) is 0 Å². The van der Waals surface area contributed by atoms with Crippen LogP contribution in [0.5, 0.6) is 0 Å². The molecule has 0 unspecified atom stereocenters. The molecule has 4 atom stereocenters. The first-order chi connectivity index (χ1) is 31.2. The number of halogens is 1. The van der Waals surface area contributed by atoms with E-state index in [9.17, 15) is 29.1 Å². The lowest BCUT2D eigenvalue weighted by atomic mass is 9.85. The van der Waals surface area contributed by atoms with Crippen LogP contribution >= 0.6 is 34.7 Å². The first-order valence-corrected chi connectivity index (χ1v) is 24.0. The number of nitrogens with one attached hydrogen (secondary N) is 4. The summed E-state index contributed by atoms with van der Waals surface area (Å²) in [6, 6.07) is 10.6. The summed E-state index contributed by atoms with van der Waals surface area (Å²) in [6.07, 6.45) is 2.18. The summed E-state index contributed by atoms with van der Waals surface area (Å²) >= 11 is 9.43. The topological polar surface area (TPSA) is 251 Å². The molecule has 2 saturated heterocycles. The maximum atomic E-state index is 14.1. The van der Waals surface area contributed by atoms with E-state index < -0.39 is 59.6 Å². The van der Waals surface area contributed by atoms with E-state index in [0.29, 0.717) is 21.4 Å². The summed E-state index contributed by atoms with van der Waals surface area (Å²) < 4.78 is 0. The van der Waals surface area contributed by atoms with Crippen molar-refractivity contribution in [2.75, 3.05) is 42.1 Å². The summed E-state index contributed by atoms with van der Waals surface area (Å²) in [5.74, 6) is -1.55. The number of rotatable bonds is 16. The quantitative estimate of drug-likeness (QED) is 0.0564. The van der Waals surface area contributed by atoms with Crippen molar-refractivity contribution >= 4 is 81.6 Å². The number of anilines is 3. The number of thiazole rings is 1. The zero-order chi connectivity index (χ0) is 47.9. The zero-order valence-corrected chi connectivity index (χ0v) is 40.5. The first-order valence-electron chi connectivity index (χ1n) is 22.0. The Labute approximate surface area is 398 Å². The van der Waals surface area contributed by atoms with E-state index in [1.807, 2.05) is 45.0 Å². The summed E-state index contributed by atoms with van der Waals surface area (Å²) in [6.45, 7) is 12.8. The van der Waals surface area contributed by atoms with Gasteiger partial charge in [0, 0.05) is 49.5 Å². The van der Waals surface area contributed by atoms with E-state index in [-0.39, 0.29) is 54.8 Å². The average Bonchev–Trinajstić information content (AvgIpc) is 3.88. The Kier molecular flexibility index (Phi) is 16.3. The van der Waals surface area contributed by atoms with Gasteiger partial charge in [0.15, 0.2) is 5.82 Å². The standard InChI is InChI=1S/C46H60ClN11O6S2/c1-26(28-12-14-29(15-13-28)39-27(2)52-25-65-39)53-42(63)32-21-30(59)24-58(32)44(64)40(45(3,4)5)56-35(60)11-8-18-50-36(61)22-37(62)54-31-9-7-10-33(38(31)47)66-43-41(48)55-34(23-51-43)57-19-16-46(6,49)17-20-57/h7,9-10,12-15,23,25-26,30,32,40,59H,8,11,16-22,24,49H2,1-6H3,(H2,48,55)(H,50,61)(H,53,63)(H,54,62)(H,56,60)/t26-,30+,32-,40+/m0/s1. The molecule has 2 aromatic carbocycles. The number of aliphatic hydroxyl groups is 1. The highest BCUT2D eigenvalue weighted by Gasteiger charge is 2.44. The molecule has 9 N–H and O–H groups in total. The van der Waals surface area contributed by atoms with E-state index in [1.54, 1.807) is 62.0 Å². The van der Waals surface area contributed by atoms with Gasteiger partial charge in [0.05, 0.1) is 45.1 Å². The van der Waals surface area contributed by atoms with Gasteiger partial charge in [0.1, 0.15) is 29.3 Å². The van der Waals surface area contributed by atoms with Crippen molar-refractivity contribution < 1.29 is 29.1 Å². The Morgan fingerprint density at radius 3 is 2.39 bits per heavy atom. The van der Waals surface area contributed by atoms with E-state index in [1.165, 1.54) is 16.7 Å². The van der Waals surface area contributed by atoms with Crippen LogP contribution in [0.1, 0.15) is 90.4 Å². The Hall–Kier alpha value is -5.34. The highest BCUT2D eigenvalue weighted by atomic mass is 35.5. The van der Waals surface area contributed by atoms with Crippen LogP contribution in [0.15, 0.2) is 64.1 Å². The third kappa shape index (κ3) is 13.0. The highest BCUT2D eigenvalue weighted by Crippen LogP contribution is 2.39. The predicted octanol–water partition coefficient (Wildman–Crippen LogP) is 5.21. The fourth-order valence-corrected chi connectivity index (χ4v) is 9.69. The van der Waals surface area contributed by atoms with Crippen LogP contribution in [-0.2, 0) is 24.0 Å². The third-order valence-corrected chi connectivity index (χ3v) is 14.3. The van der Waals surface area contributed by atoms with Crippen LogP contribution in [0.4, 0.5) is 17.3 Å². The number of aromatic nitrogens is 3. The number of hydrogen-bond donors (Lipinski definition) is 7. The molecule has 6 rings (SSSR count). The van der Waals surface area contributed by atoms with Crippen molar-refractivity contribution in [2.45, 2.75) is 120 Å². The minimum Gasteiger partial charge on any atom is -0.391 e. The number of carbonyl (C=O) groups excluding carboxylic acids is 5. The highest BCUT2D eigenvalue weighted by molar-refractivity contribution is 7.99. The molecule has 4 heterocycles. The summed E-state index contributed by atoms with van der Waals surface area (Å²) in [5, 5.41) is 22.5. The Bertz CT molecular complexity index is 2400. The van der Waals surface area contributed by atoms with E-state index in [0.717, 1.165) is 47.6 Å². The number of nitrogens with zero attached hydrogens (tertiary/aromatic N) is 5. The molecule has 0 aliphatic carbocycles. The summed E-state index contributed by atoms with van der Waals surface area (Å²) in [4.78, 5) is 85.0. The van der Waals surface area contributed by atoms with Gasteiger partial charge in [-0.1, -0.05) is 74.5 Å². The monoisotopic (exact) mass is 961 g/mol. The molecule has 5 amide bonds. The number of nitrogens with two attached hydrogens (primary N) is 2. The number of benzene rings is 2. The second kappa shape index (κ2) is 21.5. The lowest BCUT2D eigenvalue weighted by molar-refractivity contribution is -0.144. The van der Waals surface area contributed by atoms with Gasteiger partial charge in [-0.05, 0) is 68.7 Å². The summed E-state index contributed by atoms with van der Waals surface area (Å²) in [5.41, 5.74) is 16.6. The molecule has 2 aliphatic heterocycles. The van der Waals surface area contributed by atoms with Gasteiger partial charge in [-0.25, -0.2) is 15.0 Å². The molecular formula is C46H60ClN11O6S2. The van der Waals surface area contributed by atoms with Gasteiger partial charge < -0.3 is 47.6 Å². The Morgan fingerprint density at radius 2 is 1.74 bits per heavy atom. The van der Waals surface area contributed by atoms with E-state index in [2.05, 4.69) is 41.1 Å². The number of likely N-dealkylation sites (tertiary alicyclic amines) is 1. The minimum absolute atomic E-state index is 0.0263. The molecule has 2 fully saturated rings. The van der Waals surface area contributed by atoms with Gasteiger partial charge in [-0.2, -0.15) is 0 Å². The molecule has 4 aromatic rings. The van der Waals surface area contributed by atoms with E-state index >= 15 is 0 Å². The van der Waals surface area contributed by atoms with Crippen molar-refractivity contribution in [1.82, 2.24) is 35.8 Å². The number of β-amino-alcohol motifs (C(OH)–C–C–N with tert-alkyl or cyclic N) is 1. The Morgan fingerprint density at radius 1 is 1.03 bits per heavy atom.